The molecular weight excluding hydrogens is 431 g/mol. The van der Waals surface area contributed by atoms with Gasteiger partial charge in [0.25, 0.3) is 0 Å². The molecule has 0 aromatic heterocycles. The first kappa shape index (κ1) is 22.3. The summed E-state index contributed by atoms with van der Waals surface area (Å²) in [4.78, 5) is 11.5. The Labute approximate surface area is 180 Å². The maximum Gasteiger partial charge on any atom is 0.307 e. The van der Waals surface area contributed by atoms with Crippen molar-refractivity contribution in [3.63, 3.8) is 0 Å². The van der Waals surface area contributed by atoms with Gasteiger partial charge in [-0.05, 0) is 29.5 Å². The molecule has 0 aliphatic carbocycles. The largest absolute Gasteiger partial charge is 0.452 e. The van der Waals surface area contributed by atoms with Gasteiger partial charge >= 0.3 is 5.97 Å². The topological polar surface area (TPSA) is 26.3 Å². The molecule has 0 saturated carbocycles. The molecule has 3 aromatic rings. The highest BCUT2D eigenvalue weighted by Gasteiger charge is 2.35. The average Bonchev–Trinajstić information content (AvgIpc) is 2.75. The number of benzene rings is 3. The van der Waals surface area contributed by atoms with Crippen LogP contribution in [0.1, 0.15) is 42.4 Å². The van der Waals surface area contributed by atoms with Gasteiger partial charge in [0.15, 0.2) is 0 Å². The Balaban J connectivity index is 0.00000280. The molecule has 2 nitrogen and oxygen atoms in total. The molecule has 1 atom stereocenters. The molecule has 146 valence electrons. The van der Waals surface area contributed by atoms with Crippen LogP contribution in [0.3, 0.4) is 0 Å². The van der Waals surface area contributed by atoms with Crippen LogP contribution in [-0.4, -0.2) is 5.97 Å². The monoisotopic (exact) mass is 456 g/mol. The summed E-state index contributed by atoms with van der Waals surface area (Å²) in [5.74, 6) is -0.176. The van der Waals surface area contributed by atoms with Crippen LogP contribution in [0.15, 0.2) is 91.0 Å². The van der Waals surface area contributed by atoms with E-state index in [4.69, 9.17) is 4.52 Å². The van der Waals surface area contributed by atoms with E-state index in [0.717, 1.165) is 19.3 Å². The van der Waals surface area contributed by atoms with Crippen molar-refractivity contribution in [1.29, 1.82) is 0 Å². The fraction of sp³-hybridized carbons (Fsp3) is 0.208. The summed E-state index contributed by atoms with van der Waals surface area (Å²) in [5, 5.41) is 0. The van der Waals surface area contributed by atoms with E-state index in [1.807, 2.05) is 9.47 Å². The van der Waals surface area contributed by atoms with Gasteiger partial charge in [-0.2, -0.15) is 0 Å². The molecule has 0 bridgehead atoms. The molecule has 4 heteroatoms. The van der Waals surface area contributed by atoms with Crippen LogP contribution >= 0.6 is 26.4 Å². The Hall–Kier alpha value is -1.96. The van der Waals surface area contributed by atoms with Crippen LogP contribution in [0.2, 0.25) is 0 Å². The number of carbonyl (C=O) groups excluding carboxylic acids is 1. The van der Waals surface area contributed by atoms with E-state index in [1.54, 1.807) is 0 Å². The third-order valence-electron chi connectivity index (χ3n) is 5.11. The summed E-state index contributed by atoms with van der Waals surface area (Å²) in [7, 11) is 2.03. The lowest BCUT2D eigenvalue weighted by atomic mass is 9.66. The van der Waals surface area contributed by atoms with E-state index in [1.165, 1.54) is 16.7 Å². The lowest BCUT2D eigenvalue weighted by Gasteiger charge is -2.36. The molecule has 1 unspecified atom stereocenters. The molecule has 3 aromatic carbocycles. The van der Waals surface area contributed by atoms with Crippen molar-refractivity contribution in [1.82, 2.24) is 0 Å². The number of halogens is 1. The number of hydrogen-bond acceptors (Lipinski definition) is 2. The number of hydrogen-bond donors (Lipinski definition) is 0. The van der Waals surface area contributed by atoms with E-state index >= 15 is 0 Å². The van der Waals surface area contributed by atoms with Crippen molar-refractivity contribution >= 4 is 32.4 Å². The fourth-order valence-corrected chi connectivity index (χ4v) is 3.94. The van der Waals surface area contributed by atoms with Crippen LogP contribution in [0, 0.1) is 0 Å². The standard InChI is InChI=1S/C24H25O2P.BrH/c25-23(26-27)18-10-11-19-24(20-12-4-1-5-13-20,21-14-6-2-7-15-21)22-16-8-3-9-17-22;/h1-9,12-17H,10-11,18-19,27H2;1H. The Morgan fingerprint density at radius 3 is 1.46 bits per heavy atom. The predicted molar refractivity (Wildman–Crippen MR) is 124 cm³/mol. The smallest absolute Gasteiger partial charge is 0.307 e. The molecule has 0 aliphatic rings. The summed E-state index contributed by atoms with van der Waals surface area (Å²) in [6.45, 7) is 0. The van der Waals surface area contributed by atoms with Crippen LogP contribution in [-0.2, 0) is 14.7 Å². The highest BCUT2D eigenvalue weighted by atomic mass is 79.9. The Bertz CT molecular complexity index is 742. The molecule has 0 radical (unpaired) electrons. The van der Waals surface area contributed by atoms with Gasteiger partial charge in [-0.15, -0.1) is 17.0 Å². The van der Waals surface area contributed by atoms with Crippen LogP contribution < -0.4 is 0 Å². The second-order valence-electron chi connectivity index (χ2n) is 6.70. The molecular formula is C24H26BrO2P. The first-order valence-electron chi connectivity index (χ1n) is 9.33. The summed E-state index contributed by atoms with van der Waals surface area (Å²) in [6.07, 6.45) is 3.10. The average molecular weight is 457 g/mol. The predicted octanol–water partition coefficient (Wildman–Crippen LogP) is 6.49. The van der Waals surface area contributed by atoms with Gasteiger partial charge in [0.2, 0.25) is 0 Å². The zero-order valence-corrected chi connectivity index (χ0v) is 18.7. The molecule has 0 saturated heterocycles. The van der Waals surface area contributed by atoms with E-state index in [0.29, 0.717) is 6.42 Å². The minimum Gasteiger partial charge on any atom is -0.452 e. The highest BCUT2D eigenvalue weighted by molar-refractivity contribution is 8.93. The molecule has 0 N–H and O–H groups in total. The van der Waals surface area contributed by atoms with E-state index < -0.39 is 0 Å². The zero-order chi connectivity index (χ0) is 19.0. The lowest BCUT2D eigenvalue weighted by Crippen LogP contribution is -2.29. The van der Waals surface area contributed by atoms with Gasteiger partial charge in [0.05, 0.1) is 9.47 Å². The van der Waals surface area contributed by atoms with E-state index in [-0.39, 0.29) is 28.4 Å². The minimum absolute atomic E-state index is 0. The van der Waals surface area contributed by atoms with Crippen molar-refractivity contribution < 1.29 is 9.32 Å². The summed E-state index contributed by atoms with van der Waals surface area (Å²) < 4.78 is 4.71. The normalized spacial score (nSPS) is 10.8. The molecule has 0 aliphatic heterocycles. The van der Waals surface area contributed by atoms with Gasteiger partial charge < -0.3 is 4.52 Å². The first-order valence-corrected chi connectivity index (χ1v) is 9.80. The molecule has 3 rings (SSSR count). The fourth-order valence-electron chi connectivity index (χ4n) is 3.82. The summed E-state index contributed by atoms with van der Waals surface area (Å²) >= 11 is 0. The zero-order valence-electron chi connectivity index (χ0n) is 15.8. The summed E-state index contributed by atoms with van der Waals surface area (Å²) in [5.41, 5.74) is 3.58. The second kappa shape index (κ2) is 11.1. The summed E-state index contributed by atoms with van der Waals surface area (Å²) in [6, 6.07) is 32.0. The van der Waals surface area contributed by atoms with Gasteiger partial charge in [-0.25, -0.2) is 0 Å². The van der Waals surface area contributed by atoms with Crippen molar-refractivity contribution in [2.45, 2.75) is 31.1 Å². The van der Waals surface area contributed by atoms with E-state index in [9.17, 15) is 4.79 Å². The lowest BCUT2D eigenvalue weighted by molar-refractivity contribution is -0.133. The minimum atomic E-state index is -0.241. The molecule has 0 amide bonds. The van der Waals surface area contributed by atoms with Crippen molar-refractivity contribution in [3.8, 4) is 0 Å². The quantitative estimate of drug-likeness (QED) is 0.220. The van der Waals surface area contributed by atoms with Crippen molar-refractivity contribution in [3.05, 3.63) is 108 Å². The Kier molecular flexibility index (Phi) is 8.89. The van der Waals surface area contributed by atoms with Gasteiger partial charge in [0.1, 0.15) is 0 Å². The van der Waals surface area contributed by atoms with Crippen molar-refractivity contribution in [2.24, 2.45) is 0 Å². The van der Waals surface area contributed by atoms with Crippen LogP contribution in [0.25, 0.3) is 0 Å². The Morgan fingerprint density at radius 1 is 0.714 bits per heavy atom. The number of unbranched alkanes of at least 4 members (excludes halogenated alkanes) is 1. The highest BCUT2D eigenvalue weighted by Crippen LogP contribution is 2.43. The van der Waals surface area contributed by atoms with Gasteiger partial charge in [-0.3, -0.25) is 4.79 Å². The molecule has 0 spiro atoms. The molecule has 0 heterocycles. The maximum atomic E-state index is 11.5. The number of rotatable bonds is 8. The van der Waals surface area contributed by atoms with Gasteiger partial charge in [-0.1, -0.05) is 97.4 Å². The molecule has 0 fully saturated rings. The first-order chi connectivity index (χ1) is 13.3. The maximum absolute atomic E-state index is 11.5. The van der Waals surface area contributed by atoms with Crippen molar-refractivity contribution in [2.75, 3.05) is 0 Å². The third-order valence-corrected chi connectivity index (χ3v) is 5.38. The SMILES string of the molecule is Br.O=C(CCCCC(c1ccccc1)(c1ccccc1)c1ccccc1)OP. The Morgan fingerprint density at radius 2 is 1.11 bits per heavy atom. The molecule has 28 heavy (non-hydrogen) atoms. The van der Waals surface area contributed by atoms with E-state index in [2.05, 4.69) is 91.0 Å². The van der Waals surface area contributed by atoms with Crippen LogP contribution in [0.4, 0.5) is 0 Å². The third kappa shape index (κ3) is 5.10. The number of carbonyl (C=O) groups is 1. The van der Waals surface area contributed by atoms with Gasteiger partial charge in [0, 0.05) is 11.8 Å². The van der Waals surface area contributed by atoms with Crippen LogP contribution in [0.5, 0.6) is 0 Å². The second-order valence-corrected chi connectivity index (χ2v) is 6.94.